The Kier molecular flexibility index (Phi) is 6.45. The van der Waals surface area contributed by atoms with Gasteiger partial charge in [0, 0.05) is 11.3 Å². The van der Waals surface area contributed by atoms with Gasteiger partial charge in [-0.2, -0.15) is 0 Å². The fourth-order valence-corrected chi connectivity index (χ4v) is 3.84. The van der Waals surface area contributed by atoms with E-state index >= 15 is 0 Å². The minimum absolute atomic E-state index is 0.0361. The maximum Gasteiger partial charge on any atom is 0.300 e. The number of benzene rings is 2. The minimum atomic E-state index is -0.918. The van der Waals surface area contributed by atoms with Crippen LogP contribution in [-0.4, -0.2) is 30.5 Å². The van der Waals surface area contributed by atoms with E-state index in [2.05, 4.69) is 13.8 Å². The molecular formula is C27H27NO6. The van der Waals surface area contributed by atoms with Gasteiger partial charge < -0.3 is 19.0 Å². The van der Waals surface area contributed by atoms with E-state index in [4.69, 9.17) is 13.9 Å². The molecule has 1 aromatic heterocycles. The zero-order chi connectivity index (χ0) is 24.4. The van der Waals surface area contributed by atoms with Crippen molar-refractivity contribution in [1.29, 1.82) is 0 Å². The van der Waals surface area contributed by atoms with Gasteiger partial charge in [0.25, 0.3) is 11.7 Å². The van der Waals surface area contributed by atoms with Crippen LogP contribution in [0.15, 0.2) is 70.7 Å². The van der Waals surface area contributed by atoms with Gasteiger partial charge >= 0.3 is 0 Å². The van der Waals surface area contributed by atoms with Crippen molar-refractivity contribution in [2.45, 2.75) is 26.8 Å². The van der Waals surface area contributed by atoms with Crippen molar-refractivity contribution in [2.75, 3.05) is 18.6 Å². The number of amides is 1. The predicted octanol–water partition coefficient (Wildman–Crippen LogP) is 5.26. The van der Waals surface area contributed by atoms with Crippen LogP contribution in [0.5, 0.6) is 11.5 Å². The number of nitrogens with zero attached hydrogens (tertiary/aromatic N) is 1. The molecule has 2 heterocycles. The summed E-state index contributed by atoms with van der Waals surface area (Å²) >= 11 is 0. The second kappa shape index (κ2) is 9.47. The number of aliphatic hydroxyl groups is 1. The van der Waals surface area contributed by atoms with Crippen LogP contribution in [0.1, 0.15) is 37.0 Å². The fraction of sp³-hybridized carbons (Fsp3) is 0.259. The van der Waals surface area contributed by atoms with Crippen molar-refractivity contribution >= 4 is 23.1 Å². The van der Waals surface area contributed by atoms with Gasteiger partial charge in [0.1, 0.15) is 34.8 Å². The van der Waals surface area contributed by atoms with E-state index in [-0.39, 0.29) is 11.3 Å². The summed E-state index contributed by atoms with van der Waals surface area (Å²) in [6, 6.07) is 16.1. The molecule has 1 saturated heterocycles. The summed E-state index contributed by atoms with van der Waals surface area (Å²) in [7, 11) is 1.55. The lowest BCUT2D eigenvalue weighted by Crippen LogP contribution is -2.29. The highest BCUT2D eigenvalue weighted by molar-refractivity contribution is 6.51. The smallest absolute Gasteiger partial charge is 0.300 e. The van der Waals surface area contributed by atoms with Gasteiger partial charge in [0.2, 0.25) is 0 Å². The molecular weight excluding hydrogens is 434 g/mol. The van der Waals surface area contributed by atoms with E-state index in [0.717, 1.165) is 0 Å². The van der Waals surface area contributed by atoms with Crippen LogP contribution in [0.3, 0.4) is 0 Å². The van der Waals surface area contributed by atoms with Gasteiger partial charge in [0.05, 0.1) is 19.3 Å². The second-order valence-corrected chi connectivity index (χ2v) is 8.54. The molecule has 0 saturated carbocycles. The van der Waals surface area contributed by atoms with Gasteiger partial charge in [-0.05, 0) is 73.5 Å². The predicted molar refractivity (Wildman–Crippen MR) is 128 cm³/mol. The summed E-state index contributed by atoms with van der Waals surface area (Å²) in [5.74, 6) is 0.846. The van der Waals surface area contributed by atoms with Crippen molar-refractivity contribution in [3.05, 3.63) is 83.3 Å². The first-order chi connectivity index (χ1) is 16.3. The van der Waals surface area contributed by atoms with Crippen LogP contribution in [0.25, 0.3) is 5.76 Å². The van der Waals surface area contributed by atoms with Crippen LogP contribution in [0, 0.1) is 12.8 Å². The van der Waals surface area contributed by atoms with Crippen molar-refractivity contribution in [3.63, 3.8) is 0 Å². The molecule has 34 heavy (non-hydrogen) atoms. The maximum absolute atomic E-state index is 13.2. The van der Waals surface area contributed by atoms with Crippen molar-refractivity contribution in [3.8, 4) is 11.5 Å². The van der Waals surface area contributed by atoms with Crippen molar-refractivity contribution in [2.24, 2.45) is 5.92 Å². The van der Waals surface area contributed by atoms with E-state index < -0.39 is 17.7 Å². The van der Waals surface area contributed by atoms with Crippen LogP contribution in [0.4, 0.5) is 5.69 Å². The lowest BCUT2D eigenvalue weighted by atomic mass is 9.99. The number of ketones is 1. The third-order valence-electron chi connectivity index (χ3n) is 5.54. The van der Waals surface area contributed by atoms with E-state index in [0.29, 0.717) is 46.8 Å². The van der Waals surface area contributed by atoms with E-state index in [1.165, 1.54) is 4.90 Å². The van der Waals surface area contributed by atoms with Gasteiger partial charge in [-0.15, -0.1) is 0 Å². The number of furan rings is 1. The second-order valence-electron chi connectivity index (χ2n) is 8.54. The zero-order valence-electron chi connectivity index (χ0n) is 19.6. The minimum Gasteiger partial charge on any atom is -0.507 e. The maximum atomic E-state index is 13.2. The highest BCUT2D eigenvalue weighted by atomic mass is 16.5. The number of aryl methyl sites for hydroxylation is 1. The highest BCUT2D eigenvalue weighted by Gasteiger charge is 2.48. The largest absolute Gasteiger partial charge is 0.507 e. The molecule has 1 aliphatic heterocycles. The SMILES string of the molecule is COc1ccc(N2C(=O)C(=O)/C(=C(\O)c3ccc(OCC(C)C)cc3)C2c2ccc(C)o2)cc1. The molecule has 1 fully saturated rings. The molecule has 1 aliphatic rings. The monoisotopic (exact) mass is 461 g/mol. The van der Waals surface area contributed by atoms with Crippen LogP contribution < -0.4 is 14.4 Å². The Morgan fingerprint density at radius 2 is 1.65 bits per heavy atom. The molecule has 0 spiro atoms. The lowest BCUT2D eigenvalue weighted by Gasteiger charge is -2.23. The Bertz CT molecular complexity index is 1220. The Balaban J connectivity index is 1.78. The topological polar surface area (TPSA) is 89.2 Å². The number of methoxy groups -OCH3 is 1. The number of hydrogen-bond donors (Lipinski definition) is 1. The molecule has 0 bridgehead atoms. The average Bonchev–Trinajstić information content (AvgIpc) is 3.38. The van der Waals surface area contributed by atoms with Crippen LogP contribution in [0.2, 0.25) is 0 Å². The summed E-state index contributed by atoms with van der Waals surface area (Å²) in [6.45, 7) is 6.45. The third-order valence-corrected chi connectivity index (χ3v) is 5.54. The quantitative estimate of drug-likeness (QED) is 0.293. The summed E-state index contributed by atoms with van der Waals surface area (Å²) in [5.41, 5.74) is 0.849. The number of ether oxygens (including phenoxy) is 2. The molecule has 176 valence electrons. The number of aliphatic hydroxyl groups excluding tert-OH is 1. The summed E-state index contributed by atoms with van der Waals surface area (Å²) in [6.07, 6.45) is 0. The molecule has 1 amide bonds. The summed E-state index contributed by atoms with van der Waals surface area (Å²) in [4.78, 5) is 27.6. The first-order valence-corrected chi connectivity index (χ1v) is 11.0. The summed E-state index contributed by atoms with van der Waals surface area (Å²) in [5, 5.41) is 11.2. The Morgan fingerprint density at radius 1 is 1.00 bits per heavy atom. The third kappa shape index (κ3) is 4.41. The Morgan fingerprint density at radius 3 is 2.21 bits per heavy atom. The zero-order valence-corrected chi connectivity index (χ0v) is 19.6. The Hall–Kier alpha value is -4.00. The number of carbonyl (C=O) groups excluding carboxylic acids is 2. The van der Waals surface area contributed by atoms with Gasteiger partial charge in [0.15, 0.2) is 0 Å². The molecule has 7 heteroatoms. The van der Waals surface area contributed by atoms with E-state index in [9.17, 15) is 14.7 Å². The van der Waals surface area contributed by atoms with Gasteiger partial charge in [-0.1, -0.05) is 13.8 Å². The fourth-order valence-electron chi connectivity index (χ4n) is 3.84. The molecule has 0 aliphatic carbocycles. The normalized spacial score (nSPS) is 17.4. The molecule has 0 radical (unpaired) electrons. The number of Topliss-reactive ketones (excluding diaryl/α,β-unsaturated/α-hetero) is 1. The first kappa shape index (κ1) is 23.2. The number of hydrogen-bond acceptors (Lipinski definition) is 6. The van der Waals surface area contributed by atoms with Crippen LogP contribution >= 0.6 is 0 Å². The number of rotatable bonds is 7. The highest BCUT2D eigenvalue weighted by Crippen LogP contribution is 2.43. The van der Waals surface area contributed by atoms with E-state index in [1.807, 2.05) is 0 Å². The Labute approximate surface area is 198 Å². The van der Waals surface area contributed by atoms with Crippen LogP contribution in [-0.2, 0) is 9.59 Å². The molecule has 1 unspecified atom stereocenters. The average molecular weight is 462 g/mol. The number of carbonyl (C=O) groups is 2. The lowest BCUT2D eigenvalue weighted by molar-refractivity contribution is -0.132. The standard InChI is InChI=1S/C27H27NO6/c1-16(2)15-33-21-10-6-18(7-11-21)25(29)23-24(22-14-5-17(3)34-22)28(27(31)26(23)30)19-8-12-20(32-4)13-9-19/h5-14,16,24,29H,15H2,1-4H3/b25-23-. The van der Waals surface area contributed by atoms with E-state index in [1.54, 1.807) is 74.7 Å². The molecule has 7 nitrogen and oxygen atoms in total. The number of anilines is 1. The molecule has 1 atom stereocenters. The summed E-state index contributed by atoms with van der Waals surface area (Å²) < 4.78 is 16.7. The first-order valence-electron chi connectivity index (χ1n) is 11.0. The van der Waals surface area contributed by atoms with Gasteiger partial charge in [-0.25, -0.2) is 0 Å². The van der Waals surface area contributed by atoms with Crippen molar-refractivity contribution in [1.82, 2.24) is 0 Å². The van der Waals surface area contributed by atoms with Crippen molar-refractivity contribution < 1.29 is 28.6 Å². The molecule has 4 rings (SSSR count). The molecule has 2 aromatic carbocycles. The molecule has 3 aromatic rings. The molecule has 1 N–H and O–H groups in total. The van der Waals surface area contributed by atoms with Gasteiger partial charge in [-0.3, -0.25) is 14.5 Å².